The van der Waals surface area contributed by atoms with E-state index in [1.165, 1.54) is 13.0 Å². The van der Waals surface area contributed by atoms with E-state index < -0.39 is 17.8 Å². The topological polar surface area (TPSA) is 71.0 Å². The highest BCUT2D eigenvalue weighted by Gasteiger charge is 2.33. The number of hydrogen-bond donors (Lipinski definition) is 1. The number of amides is 1. The molecule has 3 aromatic rings. The van der Waals surface area contributed by atoms with E-state index in [-0.39, 0.29) is 17.4 Å². The van der Waals surface area contributed by atoms with Gasteiger partial charge in [-0.25, -0.2) is 15.0 Å². The Bertz CT molecular complexity index is 1270. The molecule has 1 amide bonds. The number of carbonyl (C=O) groups excluding carboxylic acids is 1. The van der Waals surface area contributed by atoms with Crippen molar-refractivity contribution in [2.75, 3.05) is 18.4 Å². The van der Waals surface area contributed by atoms with Crippen LogP contribution in [0.15, 0.2) is 24.3 Å². The molecule has 3 heterocycles. The van der Waals surface area contributed by atoms with Crippen LogP contribution in [0.2, 0.25) is 0 Å². The second-order valence-corrected chi connectivity index (χ2v) is 9.32. The fourth-order valence-corrected chi connectivity index (χ4v) is 5.01. The van der Waals surface area contributed by atoms with Gasteiger partial charge in [-0.15, -0.1) is 0 Å². The van der Waals surface area contributed by atoms with Crippen molar-refractivity contribution in [2.24, 2.45) is 0 Å². The lowest BCUT2D eigenvalue weighted by atomic mass is 9.88. The molecule has 1 fully saturated rings. The third kappa shape index (κ3) is 5.09. The average molecular weight is 486 g/mol. The number of rotatable bonds is 4. The second kappa shape index (κ2) is 9.43. The molecular weight excluding hydrogens is 455 g/mol. The van der Waals surface area contributed by atoms with Crippen LogP contribution in [0.3, 0.4) is 0 Å². The summed E-state index contributed by atoms with van der Waals surface area (Å²) in [6, 6.07) is 5.88. The monoisotopic (exact) mass is 485 g/mol. The Morgan fingerprint density at radius 2 is 1.80 bits per heavy atom. The summed E-state index contributed by atoms with van der Waals surface area (Å²) >= 11 is 0. The molecule has 1 atom stereocenters. The Balaban J connectivity index is 1.69. The lowest BCUT2D eigenvalue weighted by molar-refractivity contribution is -0.138. The number of benzene rings is 1. The van der Waals surface area contributed by atoms with Gasteiger partial charge < -0.3 is 10.2 Å². The van der Waals surface area contributed by atoms with Gasteiger partial charge in [-0.3, -0.25) is 4.79 Å². The van der Waals surface area contributed by atoms with Gasteiger partial charge in [0.15, 0.2) is 5.65 Å². The van der Waals surface area contributed by atoms with E-state index in [0.717, 1.165) is 35.6 Å². The number of alkyl halides is 3. The van der Waals surface area contributed by atoms with Gasteiger partial charge in [0.2, 0.25) is 5.91 Å². The minimum absolute atomic E-state index is 0.0889. The number of pyridine rings is 1. The molecule has 1 saturated heterocycles. The Morgan fingerprint density at radius 1 is 1.11 bits per heavy atom. The molecular formula is C26H30F3N5O. The van der Waals surface area contributed by atoms with E-state index >= 15 is 0 Å². The molecule has 4 rings (SSSR count). The number of likely N-dealkylation sites (tertiary alicyclic amines) is 1. The van der Waals surface area contributed by atoms with Crippen LogP contribution in [0.25, 0.3) is 11.0 Å². The number of fused-ring (bicyclic) bond motifs is 1. The Hall–Kier alpha value is -3.23. The van der Waals surface area contributed by atoms with Crippen molar-refractivity contribution in [1.82, 2.24) is 19.9 Å². The first-order valence-corrected chi connectivity index (χ1v) is 11.8. The van der Waals surface area contributed by atoms with Crippen molar-refractivity contribution < 1.29 is 18.0 Å². The predicted octanol–water partition coefficient (Wildman–Crippen LogP) is 5.87. The second-order valence-electron chi connectivity index (χ2n) is 9.32. The number of nitrogens with zero attached hydrogens (tertiary/aromatic N) is 4. The third-order valence-electron chi connectivity index (χ3n) is 6.91. The minimum atomic E-state index is -4.41. The van der Waals surface area contributed by atoms with Crippen molar-refractivity contribution in [3.63, 3.8) is 0 Å². The summed E-state index contributed by atoms with van der Waals surface area (Å²) in [6.07, 6.45) is -2.71. The van der Waals surface area contributed by atoms with E-state index in [0.29, 0.717) is 35.9 Å². The van der Waals surface area contributed by atoms with Gasteiger partial charge in [0.1, 0.15) is 11.6 Å². The van der Waals surface area contributed by atoms with Crippen molar-refractivity contribution in [3.05, 3.63) is 58.0 Å². The highest BCUT2D eigenvalue weighted by molar-refractivity contribution is 5.87. The number of aromatic nitrogens is 3. The number of aryl methyl sites for hydroxylation is 2. The molecule has 186 valence electrons. The van der Waals surface area contributed by atoms with E-state index in [1.54, 1.807) is 19.9 Å². The number of carbonyl (C=O) groups is 1. The summed E-state index contributed by atoms with van der Waals surface area (Å²) < 4.78 is 40.3. The maximum absolute atomic E-state index is 13.4. The molecule has 1 aliphatic rings. The highest BCUT2D eigenvalue weighted by atomic mass is 19.4. The summed E-state index contributed by atoms with van der Waals surface area (Å²) in [7, 11) is 0. The summed E-state index contributed by atoms with van der Waals surface area (Å²) in [4.78, 5) is 27.4. The molecule has 0 saturated carbocycles. The zero-order valence-corrected chi connectivity index (χ0v) is 20.6. The summed E-state index contributed by atoms with van der Waals surface area (Å²) in [5.74, 6) is 1.43. The lowest BCUT2D eigenvalue weighted by Crippen LogP contribution is -2.36. The summed E-state index contributed by atoms with van der Waals surface area (Å²) in [5, 5.41) is 4.06. The molecule has 0 unspecified atom stereocenters. The fourth-order valence-electron chi connectivity index (χ4n) is 5.01. The van der Waals surface area contributed by atoms with E-state index in [2.05, 4.69) is 21.4 Å². The van der Waals surface area contributed by atoms with Crippen LogP contribution in [-0.4, -0.2) is 38.8 Å². The fraction of sp³-hybridized carbons (Fsp3) is 0.462. The predicted molar refractivity (Wildman–Crippen MR) is 129 cm³/mol. The molecule has 1 aliphatic heterocycles. The minimum Gasteiger partial charge on any atom is -0.363 e. The standard InChI is InChI=1S/C26H30F3N5O/c1-14-20(7-6-8-23(14)26(27,28)29)15(2)30-24-22-13-21(16(3)31-25(22)33-17(4)32-24)19-9-11-34(12-10-19)18(5)35/h6-8,13,15,19H,9-12H2,1-5H3,(H,30,31,32,33)/t15-/m1/s1. The van der Waals surface area contributed by atoms with Crippen LogP contribution >= 0.6 is 0 Å². The Labute approximate surface area is 203 Å². The number of anilines is 1. The van der Waals surface area contributed by atoms with Gasteiger partial charge in [0.05, 0.1) is 17.0 Å². The molecule has 2 aromatic heterocycles. The van der Waals surface area contributed by atoms with Crippen LogP contribution in [0.5, 0.6) is 0 Å². The molecule has 0 spiro atoms. The maximum Gasteiger partial charge on any atom is 0.416 e. The van der Waals surface area contributed by atoms with Gasteiger partial charge in [0, 0.05) is 25.7 Å². The van der Waals surface area contributed by atoms with Crippen LogP contribution in [0.4, 0.5) is 19.0 Å². The van der Waals surface area contributed by atoms with Gasteiger partial charge >= 0.3 is 6.18 Å². The molecule has 1 N–H and O–H groups in total. The van der Waals surface area contributed by atoms with Crippen molar-refractivity contribution >= 4 is 22.8 Å². The van der Waals surface area contributed by atoms with Crippen molar-refractivity contribution in [3.8, 4) is 0 Å². The van der Waals surface area contributed by atoms with Gasteiger partial charge in [-0.1, -0.05) is 12.1 Å². The number of halogens is 3. The van der Waals surface area contributed by atoms with Crippen LogP contribution in [0, 0.1) is 20.8 Å². The largest absolute Gasteiger partial charge is 0.416 e. The molecule has 0 radical (unpaired) electrons. The van der Waals surface area contributed by atoms with E-state index in [1.807, 2.05) is 18.7 Å². The van der Waals surface area contributed by atoms with Gasteiger partial charge in [-0.2, -0.15) is 13.2 Å². The molecule has 1 aromatic carbocycles. The zero-order valence-electron chi connectivity index (χ0n) is 20.6. The smallest absolute Gasteiger partial charge is 0.363 e. The number of hydrogen-bond acceptors (Lipinski definition) is 5. The third-order valence-corrected chi connectivity index (χ3v) is 6.91. The summed E-state index contributed by atoms with van der Waals surface area (Å²) in [6.45, 7) is 10.1. The Kier molecular flexibility index (Phi) is 6.71. The zero-order chi connectivity index (χ0) is 25.5. The van der Waals surface area contributed by atoms with E-state index in [9.17, 15) is 18.0 Å². The first kappa shape index (κ1) is 24.9. The Morgan fingerprint density at radius 3 is 2.43 bits per heavy atom. The molecule has 6 nitrogen and oxygen atoms in total. The quantitative estimate of drug-likeness (QED) is 0.501. The molecule has 35 heavy (non-hydrogen) atoms. The average Bonchev–Trinajstić information content (AvgIpc) is 2.78. The van der Waals surface area contributed by atoms with Crippen LogP contribution in [0.1, 0.15) is 72.4 Å². The number of nitrogens with one attached hydrogen (secondary N) is 1. The first-order chi connectivity index (χ1) is 16.5. The molecule has 0 aliphatic carbocycles. The van der Waals surface area contributed by atoms with Gasteiger partial charge in [-0.05, 0) is 75.3 Å². The van der Waals surface area contributed by atoms with Crippen LogP contribution < -0.4 is 5.32 Å². The highest BCUT2D eigenvalue weighted by Crippen LogP contribution is 2.36. The normalized spacial score (nSPS) is 15.9. The first-order valence-electron chi connectivity index (χ1n) is 11.8. The van der Waals surface area contributed by atoms with Crippen molar-refractivity contribution in [1.29, 1.82) is 0 Å². The SMILES string of the molecule is CC(=O)N1CCC(c2cc3c(N[C@H](C)c4cccc(C(F)(F)F)c4C)nc(C)nc3nc2C)CC1. The summed E-state index contributed by atoms with van der Waals surface area (Å²) in [5.41, 5.74) is 2.66. The number of piperidine rings is 1. The van der Waals surface area contributed by atoms with E-state index in [4.69, 9.17) is 4.98 Å². The molecule has 0 bridgehead atoms. The maximum atomic E-state index is 13.4. The molecule has 9 heteroatoms. The lowest BCUT2D eigenvalue weighted by Gasteiger charge is -2.32. The van der Waals surface area contributed by atoms with Crippen molar-refractivity contribution in [2.45, 2.75) is 65.6 Å². The van der Waals surface area contributed by atoms with Gasteiger partial charge in [0.25, 0.3) is 0 Å². The van der Waals surface area contributed by atoms with Crippen LogP contribution in [-0.2, 0) is 11.0 Å².